The first-order valence-corrected chi connectivity index (χ1v) is 8.67. The maximum absolute atomic E-state index is 12.0. The second kappa shape index (κ2) is 6.77. The number of aromatic nitrogens is 2. The van der Waals surface area contributed by atoms with E-state index in [4.69, 9.17) is 0 Å². The van der Waals surface area contributed by atoms with Gasteiger partial charge in [-0.25, -0.2) is 9.97 Å². The van der Waals surface area contributed by atoms with E-state index in [1.54, 1.807) is 6.07 Å². The standard InChI is InChI=1S/C16H12N4OS2/c1-10-8-23-16(18-10)20-14(21)9-22-15-12(7-17)6-11-4-2-3-5-13(11)19-15/h2-6,8H,9H2,1H3,(H,18,20,21). The number of fused-ring (bicyclic) bond motifs is 1. The van der Waals surface area contributed by atoms with Gasteiger partial charge in [0.05, 0.1) is 22.5 Å². The van der Waals surface area contributed by atoms with Crippen LogP contribution in [0.25, 0.3) is 10.9 Å². The van der Waals surface area contributed by atoms with Gasteiger partial charge in [-0.15, -0.1) is 11.3 Å². The molecule has 0 saturated carbocycles. The number of hydrogen-bond acceptors (Lipinski definition) is 6. The summed E-state index contributed by atoms with van der Waals surface area (Å²) in [4.78, 5) is 20.6. The van der Waals surface area contributed by atoms with Crippen molar-refractivity contribution in [2.75, 3.05) is 11.1 Å². The molecule has 7 heteroatoms. The van der Waals surface area contributed by atoms with E-state index in [1.807, 2.05) is 36.6 Å². The first kappa shape index (κ1) is 15.5. The molecule has 114 valence electrons. The Bertz CT molecular complexity index is 914. The van der Waals surface area contributed by atoms with Gasteiger partial charge in [0, 0.05) is 10.8 Å². The number of amides is 1. The number of nitrogens with zero attached hydrogens (tertiary/aromatic N) is 3. The van der Waals surface area contributed by atoms with Gasteiger partial charge in [0.2, 0.25) is 5.91 Å². The summed E-state index contributed by atoms with van der Waals surface area (Å²) in [6.45, 7) is 1.87. The number of carbonyl (C=O) groups excluding carboxylic acids is 1. The fourth-order valence-corrected chi connectivity index (χ4v) is 3.46. The maximum atomic E-state index is 12.0. The highest BCUT2D eigenvalue weighted by Crippen LogP contribution is 2.25. The summed E-state index contributed by atoms with van der Waals surface area (Å²) in [7, 11) is 0. The lowest BCUT2D eigenvalue weighted by atomic mass is 10.2. The van der Waals surface area contributed by atoms with E-state index in [2.05, 4.69) is 21.4 Å². The molecular formula is C16H12N4OS2. The number of thiazole rings is 1. The smallest absolute Gasteiger partial charge is 0.236 e. The van der Waals surface area contributed by atoms with Gasteiger partial charge in [-0.1, -0.05) is 30.0 Å². The zero-order valence-electron chi connectivity index (χ0n) is 12.2. The number of carbonyl (C=O) groups is 1. The lowest BCUT2D eigenvalue weighted by molar-refractivity contribution is -0.113. The van der Waals surface area contributed by atoms with Crippen LogP contribution in [0.3, 0.4) is 0 Å². The first-order chi connectivity index (χ1) is 11.2. The van der Waals surface area contributed by atoms with Crippen molar-refractivity contribution in [3.05, 3.63) is 47.0 Å². The number of anilines is 1. The minimum atomic E-state index is -0.164. The lowest BCUT2D eigenvalue weighted by Crippen LogP contribution is -2.14. The molecule has 0 saturated heterocycles. The predicted molar refractivity (Wildman–Crippen MR) is 92.7 cm³/mol. The van der Waals surface area contributed by atoms with E-state index >= 15 is 0 Å². The van der Waals surface area contributed by atoms with E-state index in [1.165, 1.54) is 23.1 Å². The van der Waals surface area contributed by atoms with Crippen molar-refractivity contribution in [2.24, 2.45) is 0 Å². The minimum Gasteiger partial charge on any atom is -0.301 e. The summed E-state index contributed by atoms with van der Waals surface area (Å²) in [6.07, 6.45) is 0. The SMILES string of the molecule is Cc1csc(NC(=O)CSc2nc3ccccc3cc2C#N)n1. The van der Waals surface area contributed by atoms with E-state index in [0.29, 0.717) is 15.7 Å². The number of rotatable bonds is 4. The van der Waals surface area contributed by atoms with Crippen molar-refractivity contribution in [1.29, 1.82) is 5.26 Å². The van der Waals surface area contributed by atoms with Crippen LogP contribution >= 0.6 is 23.1 Å². The molecule has 5 nitrogen and oxygen atoms in total. The molecule has 0 aliphatic rings. The van der Waals surface area contributed by atoms with Crippen LogP contribution in [0, 0.1) is 18.3 Å². The summed E-state index contributed by atoms with van der Waals surface area (Å²) in [5.74, 6) is 0.0155. The third kappa shape index (κ3) is 3.67. The van der Waals surface area contributed by atoms with Crippen molar-refractivity contribution >= 4 is 45.0 Å². The molecule has 0 fully saturated rings. The monoisotopic (exact) mass is 340 g/mol. The average molecular weight is 340 g/mol. The Kier molecular flexibility index (Phi) is 4.55. The van der Waals surface area contributed by atoms with E-state index in [0.717, 1.165) is 16.6 Å². The lowest BCUT2D eigenvalue weighted by Gasteiger charge is -2.05. The van der Waals surface area contributed by atoms with Crippen molar-refractivity contribution < 1.29 is 4.79 Å². The Labute approximate surface area is 141 Å². The third-order valence-electron chi connectivity index (χ3n) is 3.01. The zero-order chi connectivity index (χ0) is 16.2. The molecular weight excluding hydrogens is 328 g/mol. The molecule has 0 aliphatic carbocycles. The molecule has 0 radical (unpaired) electrons. The van der Waals surface area contributed by atoms with Crippen molar-refractivity contribution in [3.8, 4) is 6.07 Å². The van der Waals surface area contributed by atoms with Gasteiger partial charge in [-0.2, -0.15) is 5.26 Å². The normalized spacial score (nSPS) is 10.4. The average Bonchev–Trinajstić information content (AvgIpc) is 2.96. The van der Waals surface area contributed by atoms with E-state index in [9.17, 15) is 10.1 Å². The number of thioether (sulfide) groups is 1. The molecule has 1 N–H and O–H groups in total. The molecule has 0 bridgehead atoms. The predicted octanol–water partition coefficient (Wildman–Crippen LogP) is 3.60. The molecule has 3 aromatic rings. The Balaban J connectivity index is 1.73. The Morgan fingerprint density at radius 2 is 2.22 bits per heavy atom. The molecule has 1 amide bonds. The number of nitriles is 1. The zero-order valence-corrected chi connectivity index (χ0v) is 13.9. The van der Waals surface area contributed by atoms with Crippen molar-refractivity contribution in [3.63, 3.8) is 0 Å². The van der Waals surface area contributed by atoms with Gasteiger partial charge in [-0.05, 0) is 19.1 Å². The largest absolute Gasteiger partial charge is 0.301 e. The molecule has 2 aromatic heterocycles. The van der Waals surface area contributed by atoms with Gasteiger partial charge >= 0.3 is 0 Å². The molecule has 3 rings (SSSR count). The topological polar surface area (TPSA) is 78.7 Å². The highest BCUT2D eigenvalue weighted by atomic mass is 32.2. The van der Waals surface area contributed by atoms with Crippen LogP contribution in [0.1, 0.15) is 11.3 Å². The summed E-state index contributed by atoms with van der Waals surface area (Å²) in [5, 5.41) is 16.0. The highest BCUT2D eigenvalue weighted by molar-refractivity contribution is 8.00. The summed E-state index contributed by atoms with van der Waals surface area (Å²) < 4.78 is 0. The van der Waals surface area contributed by atoms with Crippen molar-refractivity contribution in [2.45, 2.75) is 11.9 Å². The van der Waals surface area contributed by atoms with E-state index in [-0.39, 0.29) is 11.7 Å². The van der Waals surface area contributed by atoms with Crippen molar-refractivity contribution in [1.82, 2.24) is 9.97 Å². The molecule has 1 aromatic carbocycles. The first-order valence-electron chi connectivity index (χ1n) is 6.80. The highest BCUT2D eigenvalue weighted by Gasteiger charge is 2.11. The Morgan fingerprint density at radius 1 is 1.39 bits per heavy atom. The summed E-state index contributed by atoms with van der Waals surface area (Å²) in [6, 6.07) is 11.5. The number of nitrogens with one attached hydrogen (secondary N) is 1. The molecule has 0 spiro atoms. The molecule has 0 unspecified atom stereocenters. The quantitative estimate of drug-likeness (QED) is 0.734. The number of benzene rings is 1. The van der Waals surface area contributed by atoms with Crippen LogP contribution in [0.2, 0.25) is 0 Å². The van der Waals surface area contributed by atoms with Crippen LogP contribution in [0.4, 0.5) is 5.13 Å². The third-order valence-corrected chi connectivity index (χ3v) is 4.88. The van der Waals surface area contributed by atoms with Gasteiger partial charge in [-0.3, -0.25) is 4.79 Å². The van der Waals surface area contributed by atoms with Crippen LogP contribution in [-0.2, 0) is 4.79 Å². The Morgan fingerprint density at radius 3 is 2.96 bits per heavy atom. The van der Waals surface area contributed by atoms with Gasteiger partial charge in [0.15, 0.2) is 5.13 Å². The molecule has 23 heavy (non-hydrogen) atoms. The van der Waals surface area contributed by atoms with Crippen LogP contribution in [-0.4, -0.2) is 21.6 Å². The number of hydrogen-bond donors (Lipinski definition) is 1. The van der Waals surface area contributed by atoms with Gasteiger partial charge in [0.1, 0.15) is 11.1 Å². The summed E-state index contributed by atoms with van der Waals surface area (Å²) >= 11 is 2.64. The van der Waals surface area contributed by atoms with Gasteiger partial charge in [0.25, 0.3) is 0 Å². The van der Waals surface area contributed by atoms with Crippen LogP contribution in [0.15, 0.2) is 40.7 Å². The molecule has 0 aliphatic heterocycles. The molecule has 0 atom stereocenters. The number of pyridine rings is 1. The minimum absolute atomic E-state index is 0.164. The van der Waals surface area contributed by atoms with Gasteiger partial charge < -0.3 is 5.32 Å². The summed E-state index contributed by atoms with van der Waals surface area (Å²) in [5.41, 5.74) is 2.16. The number of aryl methyl sites for hydroxylation is 1. The second-order valence-corrected chi connectivity index (χ2v) is 6.60. The van der Waals surface area contributed by atoms with E-state index < -0.39 is 0 Å². The van der Waals surface area contributed by atoms with Crippen LogP contribution in [0.5, 0.6) is 0 Å². The van der Waals surface area contributed by atoms with Crippen LogP contribution < -0.4 is 5.32 Å². The maximum Gasteiger partial charge on any atom is 0.236 e. The molecule has 2 heterocycles. The fourth-order valence-electron chi connectivity index (χ4n) is 1.99. The fraction of sp³-hybridized carbons (Fsp3) is 0.125. The Hall–Kier alpha value is -2.43. The number of para-hydroxylation sites is 1. The second-order valence-electron chi connectivity index (χ2n) is 4.78.